The summed E-state index contributed by atoms with van der Waals surface area (Å²) in [5.41, 5.74) is 0.466. The molecule has 0 spiro atoms. The molecule has 0 saturated heterocycles. The van der Waals surface area contributed by atoms with Crippen LogP contribution in [-0.4, -0.2) is 27.9 Å². The molecule has 3 aromatic rings. The van der Waals surface area contributed by atoms with Crippen molar-refractivity contribution in [3.8, 4) is 23.4 Å². The predicted octanol–water partition coefficient (Wildman–Crippen LogP) is 4.10. The van der Waals surface area contributed by atoms with Crippen molar-refractivity contribution in [2.24, 2.45) is 0 Å². The number of ether oxygens (including phenoxy) is 3. The zero-order valence-electron chi connectivity index (χ0n) is 12.9. The summed E-state index contributed by atoms with van der Waals surface area (Å²) < 4.78 is 56.7. The van der Waals surface area contributed by atoms with Gasteiger partial charge in [-0.25, -0.2) is 4.98 Å². The minimum absolute atomic E-state index is 0.0575. The van der Waals surface area contributed by atoms with Crippen LogP contribution in [0, 0.1) is 0 Å². The summed E-state index contributed by atoms with van der Waals surface area (Å²) >= 11 is 0. The lowest BCUT2D eigenvalue weighted by molar-refractivity contribution is -0.274. The highest BCUT2D eigenvalue weighted by molar-refractivity contribution is 5.73. The van der Waals surface area contributed by atoms with Crippen molar-refractivity contribution >= 4 is 11.2 Å². The number of alkyl halides is 3. The summed E-state index contributed by atoms with van der Waals surface area (Å²) in [6, 6.07) is 4.84. The lowest BCUT2D eigenvalue weighted by Crippen LogP contribution is -2.17. The normalized spacial score (nSPS) is 11.5. The van der Waals surface area contributed by atoms with Crippen molar-refractivity contribution < 1.29 is 31.8 Å². The van der Waals surface area contributed by atoms with Crippen LogP contribution in [0.15, 0.2) is 35.1 Å². The van der Waals surface area contributed by atoms with Gasteiger partial charge in [0, 0.05) is 6.07 Å². The first-order chi connectivity index (χ1) is 11.9. The second-order valence-corrected chi connectivity index (χ2v) is 4.79. The zero-order valence-corrected chi connectivity index (χ0v) is 12.9. The van der Waals surface area contributed by atoms with E-state index < -0.39 is 12.1 Å². The minimum Gasteiger partial charge on any atom is -0.476 e. The van der Waals surface area contributed by atoms with Gasteiger partial charge in [0.15, 0.2) is 11.9 Å². The van der Waals surface area contributed by atoms with E-state index in [-0.39, 0.29) is 23.4 Å². The average molecular weight is 355 g/mol. The fourth-order valence-corrected chi connectivity index (χ4v) is 1.90. The first-order valence-corrected chi connectivity index (χ1v) is 7.22. The zero-order chi connectivity index (χ0) is 17.9. The summed E-state index contributed by atoms with van der Waals surface area (Å²) in [6.45, 7) is 2.32. The number of hydrogen-bond donors (Lipinski definition) is 0. The van der Waals surface area contributed by atoms with E-state index in [0.29, 0.717) is 12.1 Å². The third-order valence-electron chi connectivity index (χ3n) is 2.84. The number of oxazole rings is 1. The summed E-state index contributed by atoms with van der Waals surface area (Å²) in [5.74, 6) is -0.200. The Morgan fingerprint density at radius 1 is 1.16 bits per heavy atom. The summed E-state index contributed by atoms with van der Waals surface area (Å²) in [6.07, 6.45) is -2.87. The molecule has 2 aromatic heterocycles. The van der Waals surface area contributed by atoms with E-state index in [2.05, 4.69) is 19.7 Å². The van der Waals surface area contributed by atoms with Crippen LogP contribution in [0.4, 0.5) is 13.2 Å². The van der Waals surface area contributed by atoms with Crippen LogP contribution in [0.5, 0.6) is 23.4 Å². The maximum absolute atomic E-state index is 12.3. The Balaban J connectivity index is 1.86. The van der Waals surface area contributed by atoms with Crippen molar-refractivity contribution in [3.63, 3.8) is 0 Å². The SMILES string of the molecule is CCCOc1nc(Oc2cccc(OC(F)(F)F)c2)nc2ocnc12. The van der Waals surface area contributed by atoms with Crippen LogP contribution < -0.4 is 14.2 Å². The van der Waals surface area contributed by atoms with Gasteiger partial charge in [-0.3, -0.25) is 0 Å². The molecule has 3 rings (SSSR count). The third kappa shape index (κ3) is 4.28. The molecule has 25 heavy (non-hydrogen) atoms. The van der Waals surface area contributed by atoms with Crippen LogP contribution in [0.3, 0.4) is 0 Å². The molecule has 0 aliphatic carbocycles. The first-order valence-electron chi connectivity index (χ1n) is 7.22. The van der Waals surface area contributed by atoms with Gasteiger partial charge in [-0.15, -0.1) is 13.2 Å². The summed E-state index contributed by atoms with van der Waals surface area (Å²) in [7, 11) is 0. The highest BCUT2D eigenvalue weighted by Crippen LogP contribution is 2.30. The Morgan fingerprint density at radius 2 is 1.96 bits per heavy atom. The van der Waals surface area contributed by atoms with E-state index in [1.807, 2.05) is 6.92 Å². The number of benzene rings is 1. The van der Waals surface area contributed by atoms with E-state index in [0.717, 1.165) is 18.6 Å². The maximum Gasteiger partial charge on any atom is 0.573 e. The number of aromatic nitrogens is 3. The Morgan fingerprint density at radius 3 is 2.72 bits per heavy atom. The molecule has 0 N–H and O–H groups in total. The molecule has 0 bridgehead atoms. The summed E-state index contributed by atoms with van der Waals surface area (Å²) in [4.78, 5) is 12.0. The van der Waals surface area contributed by atoms with Gasteiger partial charge in [-0.2, -0.15) is 9.97 Å². The fraction of sp³-hybridized carbons (Fsp3) is 0.267. The van der Waals surface area contributed by atoms with E-state index in [1.54, 1.807) is 0 Å². The highest BCUT2D eigenvalue weighted by Gasteiger charge is 2.31. The van der Waals surface area contributed by atoms with E-state index in [9.17, 15) is 13.2 Å². The second kappa shape index (κ2) is 6.83. The molecule has 0 aliphatic heterocycles. The van der Waals surface area contributed by atoms with E-state index >= 15 is 0 Å². The van der Waals surface area contributed by atoms with Crippen LogP contribution in [-0.2, 0) is 0 Å². The van der Waals surface area contributed by atoms with Gasteiger partial charge in [0.2, 0.25) is 5.88 Å². The van der Waals surface area contributed by atoms with Crippen molar-refractivity contribution in [3.05, 3.63) is 30.7 Å². The van der Waals surface area contributed by atoms with Crippen LogP contribution in [0.25, 0.3) is 11.2 Å². The lowest BCUT2D eigenvalue weighted by Gasteiger charge is -2.10. The van der Waals surface area contributed by atoms with E-state index in [4.69, 9.17) is 13.9 Å². The standard InChI is InChI=1S/C15H12F3N3O4/c1-2-6-22-12-11-13(23-8-19-11)21-14(20-12)24-9-4-3-5-10(7-9)25-15(16,17)18/h3-5,7-8H,2,6H2,1H3. The Bertz CT molecular complexity index is 867. The number of fused-ring (bicyclic) bond motifs is 1. The van der Waals surface area contributed by atoms with Gasteiger partial charge in [0.05, 0.1) is 6.61 Å². The van der Waals surface area contributed by atoms with Gasteiger partial charge in [-0.1, -0.05) is 13.0 Å². The largest absolute Gasteiger partial charge is 0.573 e. The second-order valence-electron chi connectivity index (χ2n) is 4.79. The van der Waals surface area contributed by atoms with Crippen molar-refractivity contribution in [2.45, 2.75) is 19.7 Å². The van der Waals surface area contributed by atoms with E-state index in [1.165, 1.54) is 18.5 Å². The molecule has 10 heteroatoms. The molecule has 0 unspecified atom stereocenters. The highest BCUT2D eigenvalue weighted by atomic mass is 19.4. The number of rotatable bonds is 6. The van der Waals surface area contributed by atoms with Gasteiger partial charge >= 0.3 is 12.4 Å². The quantitative estimate of drug-likeness (QED) is 0.658. The third-order valence-corrected chi connectivity index (χ3v) is 2.84. The molecule has 0 saturated carbocycles. The smallest absolute Gasteiger partial charge is 0.476 e. The van der Waals surface area contributed by atoms with Gasteiger partial charge in [-0.05, 0) is 18.6 Å². The molecular weight excluding hydrogens is 343 g/mol. The monoisotopic (exact) mass is 355 g/mol. The first kappa shape index (κ1) is 16.8. The molecule has 132 valence electrons. The Hall–Kier alpha value is -3.04. The molecule has 0 radical (unpaired) electrons. The number of hydrogen-bond acceptors (Lipinski definition) is 7. The fourth-order valence-electron chi connectivity index (χ4n) is 1.90. The summed E-state index contributed by atoms with van der Waals surface area (Å²) in [5, 5.41) is 0. The molecule has 1 aromatic carbocycles. The van der Waals surface area contributed by atoms with Crippen LogP contribution in [0.1, 0.15) is 13.3 Å². The average Bonchev–Trinajstić information content (AvgIpc) is 3.00. The minimum atomic E-state index is -4.80. The molecule has 0 fully saturated rings. The molecule has 2 heterocycles. The van der Waals surface area contributed by atoms with Gasteiger partial charge in [0.1, 0.15) is 11.5 Å². The van der Waals surface area contributed by atoms with Crippen molar-refractivity contribution in [1.29, 1.82) is 0 Å². The number of halogens is 3. The molecule has 0 aliphatic rings. The molecule has 0 amide bonds. The van der Waals surface area contributed by atoms with Crippen LogP contribution >= 0.6 is 0 Å². The Labute approximate surface area is 139 Å². The molecule has 0 atom stereocenters. The lowest BCUT2D eigenvalue weighted by atomic mass is 10.3. The molecular formula is C15H12F3N3O4. The van der Waals surface area contributed by atoms with Crippen molar-refractivity contribution in [2.75, 3.05) is 6.61 Å². The Kier molecular flexibility index (Phi) is 4.59. The maximum atomic E-state index is 12.3. The van der Waals surface area contributed by atoms with Crippen LogP contribution in [0.2, 0.25) is 0 Å². The van der Waals surface area contributed by atoms with Crippen molar-refractivity contribution in [1.82, 2.24) is 15.0 Å². The molecule has 7 nitrogen and oxygen atoms in total. The number of nitrogens with zero attached hydrogens (tertiary/aromatic N) is 3. The topological polar surface area (TPSA) is 79.5 Å². The van der Waals surface area contributed by atoms with Gasteiger partial charge < -0.3 is 18.6 Å². The van der Waals surface area contributed by atoms with Gasteiger partial charge in [0.25, 0.3) is 5.71 Å². The predicted molar refractivity (Wildman–Crippen MR) is 78.6 cm³/mol.